The third kappa shape index (κ3) is 6.04. The van der Waals surface area contributed by atoms with Crippen molar-refractivity contribution >= 4 is 35.0 Å². The first-order valence-electron chi connectivity index (χ1n) is 9.17. The van der Waals surface area contributed by atoms with Crippen molar-refractivity contribution in [1.29, 1.82) is 0 Å². The fraction of sp³-hybridized carbons (Fsp3) is 0.333. The summed E-state index contributed by atoms with van der Waals surface area (Å²) in [4.78, 5) is 22.9. The molecule has 0 bridgehead atoms. The Kier molecular flexibility index (Phi) is 7.83. The number of alkyl halides is 3. The van der Waals surface area contributed by atoms with Crippen molar-refractivity contribution in [3.8, 4) is 17.2 Å². The van der Waals surface area contributed by atoms with Crippen LogP contribution in [0, 0.1) is 0 Å². The molecule has 31 heavy (non-hydrogen) atoms. The van der Waals surface area contributed by atoms with Gasteiger partial charge in [-0.1, -0.05) is 37.0 Å². The minimum atomic E-state index is -4.99. The van der Waals surface area contributed by atoms with Crippen LogP contribution in [0.25, 0.3) is 0 Å². The summed E-state index contributed by atoms with van der Waals surface area (Å²) < 4.78 is 46.7. The Morgan fingerprint density at radius 2 is 1.77 bits per heavy atom. The molecule has 0 spiro atoms. The van der Waals surface area contributed by atoms with E-state index in [1.54, 1.807) is 0 Å². The maximum Gasteiger partial charge on any atom is 0.418 e. The average Bonchev–Trinajstić information content (AvgIpc) is 2.64. The summed E-state index contributed by atoms with van der Waals surface area (Å²) in [5.74, 6) is -2.59. The lowest BCUT2D eigenvalue weighted by molar-refractivity contribution is -0.138. The van der Waals surface area contributed by atoms with Crippen LogP contribution < -0.4 is 4.74 Å². The van der Waals surface area contributed by atoms with Gasteiger partial charge in [-0.15, -0.1) is 0 Å². The quantitative estimate of drug-likeness (QED) is 0.396. The third-order valence-electron chi connectivity index (χ3n) is 4.40. The lowest BCUT2D eigenvalue weighted by Crippen LogP contribution is -2.15. The zero-order valence-electron chi connectivity index (χ0n) is 16.5. The van der Waals surface area contributed by atoms with Gasteiger partial charge in [-0.25, -0.2) is 0 Å². The number of benzene rings is 2. The lowest BCUT2D eigenvalue weighted by atomic mass is 9.98. The van der Waals surface area contributed by atoms with Crippen LogP contribution in [0.1, 0.15) is 60.5 Å². The first kappa shape index (κ1) is 24.8. The Morgan fingerprint density at radius 3 is 2.32 bits per heavy atom. The van der Waals surface area contributed by atoms with Crippen LogP contribution in [0.2, 0.25) is 10.0 Å². The number of carboxylic acid groups (broad SMARTS) is 1. The van der Waals surface area contributed by atoms with Gasteiger partial charge < -0.3 is 14.9 Å². The maximum absolute atomic E-state index is 13.7. The minimum Gasteiger partial charge on any atom is -0.508 e. The monoisotopic (exact) mass is 478 g/mol. The fourth-order valence-electron chi connectivity index (χ4n) is 2.90. The molecule has 10 heteroatoms. The van der Waals surface area contributed by atoms with Crippen molar-refractivity contribution in [3.05, 3.63) is 51.0 Å². The molecule has 0 aliphatic carbocycles. The summed E-state index contributed by atoms with van der Waals surface area (Å²) in [5, 5.41) is 17.3. The highest BCUT2D eigenvalue weighted by Gasteiger charge is 2.40. The highest BCUT2D eigenvalue weighted by Crippen LogP contribution is 2.47. The molecular weight excluding hydrogens is 460 g/mol. The molecule has 2 rings (SSSR count). The van der Waals surface area contributed by atoms with Gasteiger partial charge in [-0.05, 0) is 36.6 Å². The first-order valence-corrected chi connectivity index (χ1v) is 9.93. The van der Waals surface area contributed by atoms with E-state index >= 15 is 0 Å². The molecule has 0 fully saturated rings. The highest BCUT2D eigenvalue weighted by molar-refractivity contribution is 6.38. The molecule has 0 saturated carbocycles. The van der Waals surface area contributed by atoms with Crippen LogP contribution in [-0.4, -0.2) is 22.0 Å². The van der Waals surface area contributed by atoms with E-state index in [4.69, 9.17) is 33.0 Å². The number of aliphatic carboxylic acids is 1. The molecule has 0 radical (unpaired) electrons. The van der Waals surface area contributed by atoms with Crippen LogP contribution in [0.5, 0.6) is 17.2 Å². The van der Waals surface area contributed by atoms with Gasteiger partial charge in [-0.2, -0.15) is 13.2 Å². The lowest BCUT2D eigenvalue weighted by Gasteiger charge is -2.19. The fourth-order valence-corrected chi connectivity index (χ4v) is 3.54. The van der Waals surface area contributed by atoms with Gasteiger partial charge in [0.1, 0.15) is 11.5 Å². The second-order valence-electron chi connectivity index (χ2n) is 7.07. The highest BCUT2D eigenvalue weighted by atomic mass is 35.5. The number of phenolic OH excluding ortho intramolecular Hbond substituents is 1. The average molecular weight is 479 g/mol. The molecule has 0 saturated heterocycles. The standard InChI is InChI=1S/C21H19Cl2F3O5/c1-10(2)12-8-11(6-7-16(12)28)31-20-14(22)9-13(15(27)4-3-5-17(29)30)18(19(20)23)21(24,25)26/h6-10,28H,3-5H2,1-2H3,(H,29,30). The number of Topliss-reactive ketones (excluding diaryl/α,β-unsaturated/α-hetero) is 1. The molecule has 0 aliphatic heterocycles. The molecule has 0 unspecified atom stereocenters. The molecule has 2 aromatic carbocycles. The molecule has 2 N–H and O–H groups in total. The van der Waals surface area contributed by atoms with E-state index in [0.29, 0.717) is 5.56 Å². The Morgan fingerprint density at radius 1 is 1.13 bits per heavy atom. The van der Waals surface area contributed by atoms with Crippen LogP contribution in [0.4, 0.5) is 13.2 Å². The van der Waals surface area contributed by atoms with E-state index in [-0.39, 0.29) is 35.3 Å². The molecule has 0 aromatic heterocycles. The number of halogens is 5. The van der Waals surface area contributed by atoms with Crippen LogP contribution in [-0.2, 0) is 11.0 Å². The van der Waals surface area contributed by atoms with E-state index in [9.17, 15) is 27.9 Å². The number of carbonyl (C=O) groups is 2. The summed E-state index contributed by atoms with van der Waals surface area (Å²) in [6, 6.07) is 4.94. The summed E-state index contributed by atoms with van der Waals surface area (Å²) in [6.45, 7) is 3.62. The van der Waals surface area contributed by atoms with Gasteiger partial charge in [0.25, 0.3) is 0 Å². The predicted molar refractivity (Wildman–Crippen MR) is 110 cm³/mol. The number of hydrogen-bond donors (Lipinski definition) is 2. The zero-order chi connectivity index (χ0) is 23.5. The smallest absolute Gasteiger partial charge is 0.418 e. The predicted octanol–water partition coefficient (Wildman–Crippen LogP) is 7.07. The summed E-state index contributed by atoms with van der Waals surface area (Å²) >= 11 is 12.1. The van der Waals surface area contributed by atoms with Gasteiger partial charge in [0, 0.05) is 24.0 Å². The summed E-state index contributed by atoms with van der Waals surface area (Å²) in [7, 11) is 0. The van der Waals surface area contributed by atoms with E-state index in [1.165, 1.54) is 18.2 Å². The van der Waals surface area contributed by atoms with Crippen molar-refractivity contribution in [3.63, 3.8) is 0 Å². The Labute approximate surface area is 186 Å². The van der Waals surface area contributed by atoms with Crippen molar-refractivity contribution in [2.24, 2.45) is 0 Å². The van der Waals surface area contributed by atoms with Gasteiger partial charge >= 0.3 is 12.1 Å². The Bertz CT molecular complexity index is 1000. The number of carbonyl (C=O) groups excluding carboxylic acids is 1. The largest absolute Gasteiger partial charge is 0.508 e. The number of aromatic hydroxyl groups is 1. The van der Waals surface area contributed by atoms with Crippen LogP contribution in [0.15, 0.2) is 24.3 Å². The van der Waals surface area contributed by atoms with Crippen molar-refractivity contribution in [2.75, 3.05) is 0 Å². The van der Waals surface area contributed by atoms with E-state index in [1.807, 2.05) is 13.8 Å². The number of rotatable bonds is 8. The Balaban J connectivity index is 2.50. The molecule has 2 aromatic rings. The maximum atomic E-state index is 13.7. The topological polar surface area (TPSA) is 83.8 Å². The number of hydrogen-bond acceptors (Lipinski definition) is 4. The molecule has 0 amide bonds. The minimum absolute atomic E-state index is 0.00201. The van der Waals surface area contributed by atoms with Crippen LogP contribution >= 0.6 is 23.2 Å². The molecule has 0 atom stereocenters. The molecular formula is C21H19Cl2F3O5. The van der Waals surface area contributed by atoms with E-state index < -0.39 is 46.2 Å². The Hall–Kier alpha value is -2.45. The van der Waals surface area contributed by atoms with Crippen molar-refractivity contribution < 1.29 is 37.7 Å². The first-order chi connectivity index (χ1) is 14.3. The molecule has 0 aliphatic rings. The molecule has 168 valence electrons. The van der Waals surface area contributed by atoms with Gasteiger partial charge in [0.05, 0.1) is 15.6 Å². The second kappa shape index (κ2) is 9.78. The number of carboxylic acids is 1. The van der Waals surface area contributed by atoms with Crippen LogP contribution in [0.3, 0.4) is 0 Å². The summed E-state index contributed by atoms with van der Waals surface area (Å²) in [6.07, 6.45) is -5.91. The van der Waals surface area contributed by atoms with Crippen molar-refractivity contribution in [2.45, 2.75) is 45.2 Å². The summed E-state index contributed by atoms with van der Waals surface area (Å²) in [5.41, 5.74) is -1.66. The molecule has 5 nitrogen and oxygen atoms in total. The van der Waals surface area contributed by atoms with Gasteiger partial charge in [0.15, 0.2) is 11.5 Å². The van der Waals surface area contributed by atoms with E-state index in [0.717, 1.165) is 6.07 Å². The zero-order valence-corrected chi connectivity index (χ0v) is 18.0. The normalized spacial score (nSPS) is 11.6. The van der Waals surface area contributed by atoms with Gasteiger partial charge in [-0.3, -0.25) is 9.59 Å². The third-order valence-corrected chi connectivity index (χ3v) is 5.04. The van der Waals surface area contributed by atoms with Crippen molar-refractivity contribution in [1.82, 2.24) is 0 Å². The second-order valence-corrected chi connectivity index (χ2v) is 7.85. The SMILES string of the molecule is CC(C)c1cc(Oc2c(Cl)cc(C(=O)CCCC(=O)O)c(C(F)(F)F)c2Cl)ccc1O. The van der Waals surface area contributed by atoms with E-state index in [2.05, 4.69) is 0 Å². The number of phenols is 1. The number of ether oxygens (including phenoxy) is 1. The number of ketones is 1. The van der Waals surface area contributed by atoms with Gasteiger partial charge in [0.2, 0.25) is 0 Å². The molecule has 0 heterocycles.